The summed E-state index contributed by atoms with van der Waals surface area (Å²) in [4.78, 5) is 16.5. The molecule has 2 aromatic heterocycles. The molecule has 2 heterocycles. The molecule has 2 atom stereocenters. The van der Waals surface area contributed by atoms with Gasteiger partial charge >= 0.3 is 0 Å². The van der Waals surface area contributed by atoms with E-state index < -0.39 is 0 Å². The smallest absolute Gasteiger partial charge is 0.221 e. The number of benzene rings is 1. The van der Waals surface area contributed by atoms with E-state index in [9.17, 15) is 4.79 Å². The highest BCUT2D eigenvalue weighted by Gasteiger charge is 2.42. The van der Waals surface area contributed by atoms with Crippen LogP contribution in [0.25, 0.3) is 11.3 Å². The molecule has 1 aromatic carbocycles. The molecule has 3 N–H and O–H groups in total. The van der Waals surface area contributed by atoms with Crippen molar-refractivity contribution in [1.29, 1.82) is 0 Å². The van der Waals surface area contributed by atoms with Crippen LogP contribution >= 0.6 is 23.4 Å². The van der Waals surface area contributed by atoms with Gasteiger partial charge in [-0.05, 0) is 30.0 Å². The summed E-state index contributed by atoms with van der Waals surface area (Å²) in [5.41, 5.74) is 8.50. The number of aromatic amines is 1. The number of pyridine rings is 1. The number of H-pyrrole nitrogens is 1. The summed E-state index contributed by atoms with van der Waals surface area (Å²) in [5.74, 6) is 0.0392. The molecule has 5 nitrogen and oxygen atoms in total. The Morgan fingerprint density at radius 3 is 2.64 bits per heavy atom. The molecule has 25 heavy (non-hydrogen) atoms. The van der Waals surface area contributed by atoms with Crippen molar-refractivity contribution in [2.75, 3.05) is 0 Å². The van der Waals surface area contributed by atoms with Crippen LogP contribution in [0, 0.1) is 5.92 Å². The average Bonchev–Trinajstić information content (AvgIpc) is 3.30. The quantitative estimate of drug-likeness (QED) is 0.714. The summed E-state index contributed by atoms with van der Waals surface area (Å²) in [6.45, 7) is 0. The molecule has 1 saturated carbocycles. The number of nitrogens with one attached hydrogen (secondary N) is 1. The number of aromatic nitrogens is 3. The minimum absolute atomic E-state index is 0.0138. The first kappa shape index (κ1) is 16.2. The van der Waals surface area contributed by atoms with E-state index in [1.54, 1.807) is 12.4 Å². The van der Waals surface area contributed by atoms with Crippen molar-refractivity contribution < 1.29 is 4.79 Å². The molecule has 126 valence electrons. The summed E-state index contributed by atoms with van der Waals surface area (Å²) in [6, 6.07) is 11.9. The number of halogens is 1. The van der Waals surface area contributed by atoms with Crippen molar-refractivity contribution in [2.24, 2.45) is 11.7 Å². The Morgan fingerprint density at radius 2 is 2.00 bits per heavy atom. The van der Waals surface area contributed by atoms with Gasteiger partial charge in [0.25, 0.3) is 0 Å². The average molecular weight is 371 g/mol. The molecule has 0 bridgehead atoms. The van der Waals surface area contributed by atoms with Crippen molar-refractivity contribution in [2.45, 2.75) is 22.3 Å². The number of nitrogens with zero attached hydrogens (tertiary/aromatic N) is 2. The minimum atomic E-state index is -0.211. The van der Waals surface area contributed by atoms with Crippen LogP contribution < -0.4 is 5.73 Å². The Morgan fingerprint density at radius 1 is 1.20 bits per heavy atom. The highest BCUT2D eigenvalue weighted by Crippen LogP contribution is 2.47. The van der Waals surface area contributed by atoms with Gasteiger partial charge in [-0.2, -0.15) is 5.10 Å². The SMILES string of the molecule is NC(=O)C1CC1c1ccc(-c2[nH]ncc2Sc2ccc(Cl)cn2)cc1. The molecule has 1 fully saturated rings. The predicted molar refractivity (Wildman–Crippen MR) is 97.4 cm³/mol. The Balaban J connectivity index is 1.54. The van der Waals surface area contributed by atoms with Crippen LogP contribution in [-0.2, 0) is 4.79 Å². The largest absolute Gasteiger partial charge is 0.369 e. The number of primary amides is 1. The fourth-order valence-corrected chi connectivity index (χ4v) is 3.82. The zero-order valence-corrected chi connectivity index (χ0v) is 14.7. The highest BCUT2D eigenvalue weighted by atomic mass is 35.5. The van der Waals surface area contributed by atoms with E-state index in [-0.39, 0.29) is 17.7 Å². The third-order valence-corrected chi connectivity index (χ3v) is 5.51. The van der Waals surface area contributed by atoms with Gasteiger partial charge in [-0.25, -0.2) is 4.98 Å². The van der Waals surface area contributed by atoms with E-state index in [4.69, 9.17) is 17.3 Å². The third kappa shape index (κ3) is 3.41. The van der Waals surface area contributed by atoms with Gasteiger partial charge in [0.05, 0.1) is 21.8 Å². The standard InChI is InChI=1S/C18H15ClN4OS/c19-12-5-6-16(21-8-12)25-15-9-22-23-17(15)11-3-1-10(2-4-11)13-7-14(13)18(20)24/h1-6,8-9,13-14H,7H2,(H2,20,24)(H,22,23). The molecule has 4 rings (SSSR count). The highest BCUT2D eigenvalue weighted by molar-refractivity contribution is 7.99. The monoisotopic (exact) mass is 370 g/mol. The van der Waals surface area contributed by atoms with E-state index in [0.717, 1.165) is 33.2 Å². The second kappa shape index (κ2) is 6.54. The number of rotatable bonds is 5. The molecule has 1 aliphatic rings. The number of amides is 1. The first-order chi connectivity index (χ1) is 12.1. The fraction of sp³-hybridized carbons (Fsp3) is 0.167. The number of carbonyl (C=O) groups excluding carboxylic acids is 1. The fourth-order valence-electron chi connectivity index (χ4n) is 2.87. The minimum Gasteiger partial charge on any atom is -0.369 e. The van der Waals surface area contributed by atoms with Crippen LogP contribution in [0.5, 0.6) is 0 Å². The van der Waals surface area contributed by atoms with Crippen molar-refractivity contribution in [1.82, 2.24) is 15.2 Å². The van der Waals surface area contributed by atoms with Crippen LogP contribution in [0.4, 0.5) is 0 Å². The van der Waals surface area contributed by atoms with Gasteiger partial charge in [-0.3, -0.25) is 9.89 Å². The molecule has 1 amide bonds. The van der Waals surface area contributed by atoms with E-state index in [2.05, 4.69) is 27.3 Å². The Labute approximate surface area is 154 Å². The first-order valence-corrected chi connectivity index (χ1v) is 9.03. The summed E-state index contributed by atoms with van der Waals surface area (Å²) in [5, 5.41) is 8.67. The van der Waals surface area contributed by atoms with E-state index in [0.29, 0.717) is 5.02 Å². The first-order valence-electron chi connectivity index (χ1n) is 7.84. The van der Waals surface area contributed by atoms with E-state index in [1.165, 1.54) is 11.8 Å². The predicted octanol–water partition coefficient (Wildman–Crippen LogP) is 3.87. The number of carbonyl (C=O) groups is 1. The van der Waals surface area contributed by atoms with E-state index in [1.807, 2.05) is 24.3 Å². The molecular formula is C18H15ClN4OS. The lowest BCUT2D eigenvalue weighted by atomic mass is 10.0. The molecule has 0 saturated heterocycles. The lowest BCUT2D eigenvalue weighted by Crippen LogP contribution is -2.13. The lowest BCUT2D eigenvalue weighted by molar-refractivity contribution is -0.119. The number of nitrogens with two attached hydrogens (primary N) is 1. The molecule has 0 radical (unpaired) electrons. The normalized spacial score (nSPS) is 18.9. The Kier molecular flexibility index (Phi) is 4.23. The van der Waals surface area contributed by atoms with E-state index >= 15 is 0 Å². The second-order valence-corrected chi connectivity index (χ2v) is 7.50. The molecular weight excluding hydrogens is 356 g/mol. The Hall–Kier alpha value is -2.31. The maximum Gasteiger partial charge on any atom is 0.221 e. The Bertz CT molecular complexity index is 908. The van der Waals surface area contributed by atoms with Crippen molar-refractivity contribution in [3.63, 3.8) is 0 Å². The zero-order valence-electron chi connectivity index (χ0n) is 13.1. The topological polar surface area (TPSA) is 84.7 Å². The van der Waals surface area contributed by atoms with Gasteiger partial charge in [-0.15, -0.1) is 0 Å². The van der Waals surface area contributed by atoms with Gasteiger partial charge in [0.1, 0.15) is 5.03 Å². The number of hydrogen-bond donors (Lipinski definition) is 2. The summed E-state index contributed by atoms with van der Waals surface area (Å²) >= 11 is 7.40. The van der Waals surface area contributed by atoms with Crippen LogP contribution in [-0.4, -0.2) is 21.1 Å². The van der Waals surface area contributed by atoms with Crippen LogP contribution in [0.1, 0.15) is 17.9 Å². The van der Waals surface area contributed by atoms with Crippen LogP contribution in [0.3, 0.4) is 0 Å². The van der Waals surface area contributed by atoms with Crippen LogP contribution in [0.15, 0.2) is 58.7 Å². The molecule has 3 aromatic rings. The molecule has 1 aliphatic carbocycles. The van der Waals surface area contributed by atoms with Gasteiger partial charge < -0.3 is 5.73 Å². The van der Waals surface area contributed by atoms with Gasteiger partial charge in [0.2, 0.25) is 5.91 Å². The van der Waals surface area contributed by atoms with Gasteiger partial charge in [0.15, 0.2) is 0 Å². The molecule has 0 spiro atoms. The molecule has 0 aliphatic heterocycles. The van der Waals surface area contributed by atoms with Gasteiger partial charge in [0, 0.05) is 17.7 Å². The lowest BCUT2D eigenvalue weighted by Gasteiger charge is -2.05. The van der Waals surface area contributed by atoms with Crippen LogP contribution in [0.2, 0.25) is 5.02 Å². The van der Waals surface area contributed by atoms with Crippen molar-refractivity contribution in [3.8, 4) is 11.3 Å². The second-order valence-electron chi connectivity index (χ2n) is 6.00. The maximum atomic E-state index is 11.2. The third-order valence-electron chi connectivity index (χ3n) is 4.30. The molecule has 7 heteroatoms. The van der Waals surface area contributed by atoms with Gasteiger partial charge in [-0.1, -0.05) is 47.6 Å². The van der Waals surface area contributed by atoms with Crippen molar-refractivity contribution >= 4 is 29.3 Å². The summed E-state index contributed by atoms with van der Waals surface area (Å²) in [6.07, 6.45) is 4.26. The summed E-state index contributed by atoms with van der Waals surface area (Å²) < 4.78 is 0. The molecule has 2 unspecified atom stereocenters. The maximum absolute atomic E-state index is 11.2. The zero-order chi connectivity index (χ0) is 17.4. The number of hydrogen-bond acceptors (Lipinski definition) is 4. The summed E-state index contributed by atoms with van der Waals surface area (Å²) in [7, 11) is 0. The van der Waals surface area contributed by atoms with Crippen molar-refractivity contribution in [3.05, 3.63) is 59.4 Å².